The molecule has 2 nitrogen and oxygen atoms in total. The van der Waals surface area contributed by atoms with E-state index in [-0.39, 0.29) is 18.0 Å². The van der Waals surface area contributed by atoms with Gasteiger partial charge in [-0.3, -0.25) is 4.79 Å². The molecule has 1 aliphatic heterocycles. The molecule has 3 heteroatoms. The van der Waals surface area contributed by atoms with Crippen molar-refractivity contribution in [2.24, 2.45) is 23.7 Å². The minimum absolute atomic E-state index is 0.0644. The van der Waals surface area contributed by atoms with Gasteiger partial charge in [0.05, 0.1) is 5.92 Å². The van der Waals surface area contributed by atoms with E-state index < -0.39 is 0 Å². The fraction of sp³-hybridized carbons (Fsp3) is 0.900. The highest BCUT2D eigenvalue weighted by Gasteiger charge is 2.61. The third kappa shape index (κ3) is 0.927. The quantitative estimate of drug-likeness (QED) is 0.502. The van der Waals surface area contributed by atoms with E-state index in [0.29, 0.717) is 17.7 Å². The number of halogens is 1. The van der Waals surface area contributed by atoms with Crippen LogP contribution in [0.25, 0.3) is 0 Å². The largest absolute Gasteiger partial charge is 0.462 e. The van der Waals surface area contributed by atoms with Gasteiger partial charge in [-0.1, -0.05) is 0 Å². The van der Waals surface area contributed by atoms with E-state index in [9.17, 15) is 4.79 Å². The number of carbonyl (C=O) groups is 1. The van der Waals surface area contributed by atoms with Crippen LogP contribution < -0.4 is 0 Å². The van der Waals surface area contributed by atoms with Gasteiger partial charge in [-0.2, -0.15) is 0 Å². The minimum Gasteiger partial charge on any atom is -0.462 e. The summed E-state index contributed by atoms with van der Waals surface area (Å²) in [5.41, 5.74) is 0. The molecule has 3 fully saturated rings. The Morgan fingerprint density at radius 2 is 2.31 bits per heavy atom. The minimum atomic E-state index is 0.0644. The zero-order valence-corrected chi connectivity index (χ0v) is 8.17. The topological polar surface area (TPSA) is 26.3 Å². The molecule has 13 heavy (non-hydrogen) atoms. The van der Waals surface area contributed by atoms with E-state index in [0.717, 1.165) is 18.8 Å². The Morgan fingerprint density at radius 3 is 3.08 bits per heavy atom. The molecular formula is C10H13ClO2. The van der Waals surface area contributed by atoms with Gasteiger partial charge in [-0.25, -0.2) is 0 Å². The Balaban J connectivity index is 1.86. The van der Waals surface area contributed by atoms with Gasteiger partial charge in [0.25, 0.3) is 0 Å². The average Bonchev–Trinajstić information content (AvgIpc) is 2.69. The van der Waals surface area contributed by atoms with Gasteiger partial charge >= 0.3 is 5.97 Å². The number of ether oxygens (including phenoxy) is 1. The van der Waals surface area contributed by atoms with Crippen LogP contribution in [0.15, 0.2) is 0 Å². The zero-order chi connectivity index (χ0) is 9.00. The summed E-state index contributed by atoms with van der Waals surface area (Å²) in [4.78, 5) is 11.4. The SMILES string of the molecule is O=C1OC2C(CCCl)C3CC1C2C3. The first-order valence-corrected chi connectivity index (χ1v) is 5.61. The van der Waals surface area contributed by atoms with E-state index in [1.54, 1.807) is 0 Å². The van der Waals surface area contributed by atoms with Crippen LogP contribution in [0.3, 0.4) is 0 Å². The number of carbonyl (C=O) groups excluding carboxylic acids is 1. The second kappa shape index (κ2) is 2.63. The number of hydrogen-bond donors (Lipinski definition) is 0. The maximum Gasteiger partial charge on any atom is 0.309 e. The van der Waals surface area contributed by atoms with Gasteiger partial charge in [0, 0.05) is 17.7 Å². The van der Waals surface area contributed by atoms with Crippen LogP contribution in [-0.2, 0) is 9.53 Å². The fourth-order valence-electron chi connectivity index (χ4n) is 3.60. The third-order valence-corrected chi connectivity index (χ3v) is 4.31. The standard InChI is InChI=1S/C10H13ClO2/c11-2-1-6-5-3-7-8(4-5)10(12)13-9(6)7/h5-9H,1-4H2. The Bertz CT molecular complexity index is 253. The average molecular weight is 201 g/mol. The highest BCUT2D eigenvalue weighted by atomic mass is 35.5. The third-order valence-electron chi connectivity index (χ3n) is 4.10. The van der Waals surface area contributed by atoms with Crippen LogP contribution in [0.4, 0.5) is 0 Å². The summed E-state index contributed by atoms with van der Waals surface area (Å²) in [5.74, 6) is 2.87. The van der Waals surface area contributed by atoms with E-state index in [1.807, 2.05) is 0 Å². The summed E-state index contributed by atoms with van der Waals surface area (Å²) < 4.78 is 5.41. The van der Waals surface area contributed by atoms with Crippen LogP contribution in [0.2, 0.25) is 0 Å². The van der Waals surface area contributed by atoms with Gasteiger partial charge in [-0.15, -0.1) is 11.6 Å². The highest BCUT2D eigenvalue weighted by molar-refractivity contribution is 6.17. The van der Waals surface area contributed by atoms with E-state index in [2.05, 4.69) is 0 Å². The van der Waals surface area contributed by atoms with Crippen molar-refractivity contribution in [2.45, 2.75) is 25.4 Å². The molecule has 0 N–H and O–H groups in total. The number of fused-ring (bicyclic) bond motifs is 1. The van der Waals surface area contributed by atoms with E-state index >= 15 is 0 Å². The highest BCUT2D eigenvalue weighted by Crippen LogP contribution is 2.58. The van der Waals surface area contributed by atoms with Crippen molar-refractivity contribution in [1.29, 1.82) is 0 Å². The molecule has 0 aromatic rings. The summed E-state index contributed by atoms with van der Waals surface area (Å²) in [6.45, 7) is 0. The van der Waals surface area contributed by atoms with Crippen LogP contribution in [-0.4, -0.2) is 18.0 Å². The smallest absolute Gasteiger partial charge is 0.309 e. The fourth-order valence-corrected chi connectivity index (χ4v) is 3.85. The molecule has 5 unspecified atom stereocenters. The van der Waals surface area contributed by atoms with Gasteiger partial charge in [0.15, 0.2) is 0 Å². The molecule has 0 aromatic heterocycles. The molecule has 2 aliphatic carbocycles. The second-order valence-corrected chi connectivity index (χ2v) is 4.92. The van der Waals surface area contributed by atoms with Gasteiger partial charge < -0.3 is 4.74 Å². The normalized spacial score (nSPS) is 51.5. The number of alkyl halides is 1. The van der Waals surface area contributed by atoms with Crippen molar-refractivity contribution < 1.29 is 9.53 Å². The molecule has 1 heterocycles. The van der Waals surface area contributed by atoms with Crippen LogP contribution >= 0.6 is 11.6 Å². The van der Waals surface area contributed by atoms with Gasteiger partial charge in [0.2, 0.25) is 0 Å². The second-order valence-electron chi connectivity index (χ2n) is 4.54. The zero-order valence-electron chi connectivity index (χ0n) is 7.41. The molecule has 2 bridgehead atoms. The van der Waals surface area contributed by atoms with Gasteiger partial charge in [0.1, 0.15) is 6.10 Å². The molecule has 0 spiro atoms. The maximum atomic E-state index is 11.4. The van der Waals surface area contributed by atoms with Crippen molar-refractivity contribution in [3.63, 3.8) is 0 Å². The summed E-state index contributed by atoms with van der Waals surface area (Å²) in [6, 6.07) is 0. The number of rotatable bonds is 2. The lowest BCUT2D eigenvalue weighted by Crippen LogP contribution is -2.27. The van der Waals surface area contributed by atoms with Crippen molar-refractivity contribution >= 4 is 17.6 Å². The van der Waals surface area contributed by atoms with E-state index in [1.165, 1.54) is 6.42 Å². The molecule has 72 valence electrons. The lowest BCUT2D eigenvalue weighted by atomic mass is 9.81. The summed E-state index contributed by atoms with van der Waals surface area (Å²) in [7, 11) is 0. The first kappa shape index (κ1) is 8.10. The Labute approximate surface area is 82.6 Å². The number of hydrogen-bond acceptors (Lipinski definition) is 2. The molecule has 0 amide bonds. The molecule has 3 aliphatic rings. The van der Waals surface area contributed by atoms with Crippen molar-refractivity contribution in [1.82, 2.24) is 0 Å². The molecule has 1 saturated heterocycles. The van der Waals surface area contributed by atoms with Crippen molar-refractivity contribution in [2.75, 3.05) is 5.88 Å². The molecule has 2 saturated carbocycles. The molecule has 3 rings (SSSR count). The van der Waals surface area contributed by atoms with Crippen molar-refractivity contribution in [3.05, 3.63) is 0 Å². The van der Waals surface area contributed by atoms with Gasteiger partial charge in [-0.05, 0) is 25.2 Å². The predicted octanol–water partition coefficient (Wildman–Crippen LogP) is 1.81. The Morgan fingerprint density at radius 1 is 1.46 bits per heavy atom. The van der Waals surface area contributed by atoms with Crippen molar-refractivity contribution in [3.8, 4) is 0 Å². The van der Waals surface area contributed by atoms with Crippen LogP contribution in [0, 0.1) is 23.7 Å². The lowest BCUT2D eigenvalue weighted by molar-refractivity contribution is -0.144. The molecule has 0 radical (unpaired) electrons. The molecule has 5 atom stereocenters. The summed E-state index contributed by atoms with van der Waals surface area (Å²) >= 11 is 5.75. The Kier molecular flexibility index (Phi) is 1.64. The monoisotopic (exact) mass is 200 g/mol. The first-order valence-electron chi connectivity index (χ1n) is 5.07. The Hall–Kier alpha value is -0.240. The van der Waals surface area contributed by atoms with E-state index in [4.69, 9.17) is 16.3 Å². The van der Waals surface area contributed by atoms with Crippen LogP contribution in [0.5, 0.6) is 0 Å². The van der Waals surface area contributed by atoms with Crippen LogP contribution in [0.1, 0.15) is 19.3 Å². The summed E-state index contributed by atoms with van der Waals surface area (Å²) in [5, 5.41) is 0. The lowest BCUT2D eigenvalue weighted by Gasteiger charge is -2.24. The summed E-state index contributed by atoms with van der Waals surface area (Å²) in [6.07, 6.45) is 3.53. The maximum absolute atomic E-state index is 11.4. The predicted molar refractivity (Wildman–Crippen MR) is 48.4 cm³/mol. The first-order chi connectivity index (χ1) is 6.31. The molecular weight excluding hydrogens is 188 g/mol. The number of esters is 1. The molecule has 0 aromatic carbocycles.